The Hall–Kier alpha value is -2.96. The molecule has 10 nitrogen and oxygen atoms in total. The number of fused-ring (bicyclic) bond motifs is 1. The summed E-state index contributed by atoms with van der Waals surface area (Å²) >= 11 is 0.964. The smallest absolute Gasteiger partial charge is 0.269 e. The number of nitro groups is 1. The first-order chi connectivity index (χ1) is 14.4. The Morgan fingerprint density at radius 1 is 1.07 bits per heavy atom. The lowest BCUT2D eigenvalue weighted by molar-refractivity contribution is -0.384. The predicted octanol–water partition coefficient (Wildman–Crippen LogP) is 1.68. The summed E-state index contributed by atoms with van der Waals surface area (Å²) in [5, 5.41) is 10.7. The van der Waals surface area contributed by atoms with Gasteiger partial charge in [0, 0.05) is 38.3 Å². The summed E-state index contributed by atoms with van der Waals surface area (Å²) in [5.41, 5.74) is 1.54. The van der Waals surface area contributed by atoms with Gasteiger partial charge in [-0.2, -0.15) is 13.1 Å². The highest BCUT2D eigenvalue weighted by atomic mass is 32.2. The first-order valence-corrected chi connectivity index (χ1v) is 11.3. The molecule has 12 heteroatoms. The number of aromatic nitrogens is 2. The Labute approximate surface area is 176 Å². The van der Waals surface area contributed by atoms with Gasteiger partial charge in [0.2, 0.25) is 15.9 Å². The molecule has 0 aliphatic carbocycles. The van der Waals surface area contributed by atoms with Gasteiger partial charge in [0.1, 0.15) is 15.9 Å². The Morgan fingerprint density at radius 2 is 1.77 bits per heavy atom. The predicted molar refractivity (Wildman–Crippen MR) is 110 cm³/mol. The molecular weight excluding hydrogens is 430 g/mol. The molecule has 1 aliphatic rings. The number of piperazine rings is 1. The highest BCUT2D eigenvalue weighted by Gasteiger charge is 2.31. The molecule has 1 aromatic heterocycles. The molecule has 0 unspecified atom stereocenters. The molecule has 30 heavy (non-hydrogen) atoms. The molecule has 0 radical (unpaired) electrons. The molecule has 1 fully saturated rings. The fraction of sp³-hybridized carbons (Fsp3) is 0.278. The molecule has 1 amide bonds. The molecule has 4 rings (SSSR count). The maximum Gasteiger partial charge on any atom is 0.269 e. The van der Waals surface area contributed by atoms with Crippen LogP contribution in [0.5, 0.6) is 0 Å². The quantitative estimate of drug-likeness (QED) is 0.430. The highest BCUT2D eigenvalue weighted by molar-refractivity contribution is 7.89. The zero-order valence-electron chi connectivity index (χ0n) is 15.7. The van der Waals surface area contributed by atoms with Crippen LogP contribution >= 0.6 is 11.7 Å². The minimum absolute atomic E-state index is 0.0321. The standard InChI is InChI=1S/C18H17N5O5S2/c24-17(12-13-4-6-14(7-5-13)23(25)26)21-8-10-22(11-9-21)30(27,28)16-3-1-2-15-18(16)20-29-19-15/h1-7H,8-12H2. The minimum atomic E-state index is -3.74. The van der Waals surface area contributed by atoms with Crippen molar-refractivity contribution in [3.05, 3.63) is 58.1 Å². The summed E-state index contributed by atoms with van der Waals surface area (Å²) in [6, 6.07) is 10.7. The van der Waals surface area contributed by atoms with Crippen molar-refractivity contribution in [1.29, 1.82) is 0 Å². The number of non-ortho nitro benzene ring substituents is 1. The minimum Gasteiger partial charge on any atom is -0.340 e. The van der Waals surface area contributed by atoms with Crippen LogP contribution in [0.2, 0.25) is 0 Å². The Bertz CT molecular complexity index is 1200. The van der Waals surface area contributed by atoms with Crippen molar-refractivity contribution in [3.63, 3.8) is 0 Å². The largest absolute Gasteiger partial charge is 0.340 e. The molecule has 0 saturated carbocycles. The van der Waals surface area contributed by atoms with Crippen LogP contribution in [-0.4, -0.2) is 63.4 Å². The third kappa shape index (κ3) is 3.88. The van der Waals surface area contributed by atoms with Gasteiger partial charge in [-0.1, -0.05) is 18.2 Å². The van der Waals surface area contributed by atoms with E-state index in [4.69, 9.17) is 0 Å². The van der Waals surface area contributed by atoms with Gasteiger partial charge in [-0.05, 0) is 17.7 Å². The Balaban J connectivity index is 1.41. The van der Waals surface area contributed by atoms with Gasteiger partial charge in [-0.15, -0.1) is 0 Å². The van der Waals surface area contributed by atoms with E-state index >= 15 is 0 Å². The van der Waals surface area contributed by atoms with E-state index in [9.17, 15) is 23.3 Å². The normalized spacial score (nSPS) is 15.4. The van der Waals surface area contributed by atoms with Crippen LogP contribution in [0, 0.1) is 10.1 Å². The van der Waals surface area contributed by atoms with Crippen molar-refractivity contribution in [1.82, 2.24) is 18.0 Å². The first kappa shape index (κ1) is 20.3. The summed E-state index contributed by atoms with van der Waals surface area (Å²) < 4.78 is 35.7. The molecular formula is C18H17N5O5S2. The number of nitro benzene ring substituents is 1. The number of carbonyl (C=O) groups excluding carboxylic acids is 1. The molecule has 1 aliphatic heterocycles. The SMILES string of the molecule is O=C(Cc1ccc([N+](=O)[O-])cc1)N1CCN(S(=O)(=O)c2cccc3nsnc23)CC1. The summed E-state index contributed by atoms with van der Waals surface area (Å²) in [5.74, 6) is -0.147. The number of sulfonamides is 1. The van der Waals surface area contributed by atoms with Crippen molar-refractivity contribution >= 4 is 44.4 Å². The van der Waals surface area contributed by atoms with Crippen LogP contribution in [0.15, 0.2) is 47.4 Å². The van der Waals surface area contributed by atoms with Crippen LogP contribution in [0.3, 0.4) is 0 Å². The van der Waals surface area contributed by atoms with E-state index in [2.05, 4.69) is 8.75 Å². The number of benzene rings is 2. The van der Waals surface area contributed by atoms with E-state index in [1.807, 2.05) is 0 Å². The Kier molecular flexibility index (Phi) is 5.45. The van der Waals surface area contributed by atoms with Crippen molar-refractivity contribution in [2.75, 3.05) is 26.2 Å². The third-order valence-electron chi connectivity index (χ3n) is 4.96. The number of amides is 1. The molecule has 3 aromatic rings. The second kappa shape index (κ2) is 8.05. The summed E-state index contributed by atoms with van der Waals surface area (Å²) in [6.07, 6.45) is 0.106. The third-order valence-corrected chi connectivity index (χ3v) is 7.43. The highest BCUT2D eigenvalue weighted by Crippen LogP contribution is 2.25. The topological polar surface area (TPSA) is 127 Å². The van der Waals surface area contributed by atoms with E-state index in [1.54, 1.807) is 29.2 Å². The molecule has 1 saturated heterocycles. The van der Waals surface area contributed by atoms with Crippen LogP contribution in [0.1, 0.15) is 5.56 Å². The summed E-state index contributed by atoms with van der Waals surface area (Å²) in [6.45, 7) is 0.914. The number of carbonyl (C=O) groups is 1. The lowest BCUT2D eigenvalue weighted by Gasteiger charge is -2.34. The Morgan fingerprint density at radius 3 is 2.43 bits per heavy atom. The average molecular weight is 447 g/mol. The zero-order valence-corrected chi connectivity index (χ0v) is 17.3. The van der Waals surface area contributed by atoms with Gasteiger partial charge in [0.05, 0.1) is 23.1 Å². The van der Waals surface area contributed by atoms with Crippen LogP contribution in [-0.2, 0) is 21.2 Å². The van der Waals surface area contributed by atoms with E-state index in [0.717, 1.165) is 11.7 Å². The molecule has 2 aromatic carbocycles. The molecule has 0 bridgehead atoms. The van der Waals surface area contributed by atoms with Gasteiger partial charge < -0.3 is 4.90 Å². The second-order valence-electron chi connectivity index (χ2n) is 6.77. The van der Waals surface area contributed by atoms with Crippen molar-refractivity contribution in [3.8, 4) is 0 Å². The number of rotatable bonds is 5. The monoisotopic (exact) mass is 447 g/mol. The second-order valence-corrected chi connectivity index (χ2v) is 9.21. The molecule has 0 spiro atoms. The average Bonchev–Trinajstić information content (AvgIpc) is 3.23. The lowest BCUT2D eigenvalue weighted by Crippen LogP contribution is -2.50. The van der Waals surface area contributed by atoms with Crippen LogP contribution < -0.4 is 0 Å². The summed E-state index contributed by atoms with van der Waals surface area (Å²) in [7, 11) is -3.74. The van der Waals surface area contributed by atoms with E-state index in [-0.39, 0.29) is 49.1 Å². The van der Waals surface area contributed by atoms with Gasteiger partial charge in [-0.25, -0.2) is 8.42 Å². The van der Waals surface area contributed by atoms with Crippen LogP contribution in [0.25, 0.3) is 11.0 Å². The maximum atomic E-state index is 13.1. The molecule has 0 atom stereocenters. The fourth-order valence-corrected chi connectivity index (χ4v) is 5.50. The number of hydrogen-bond acceptors (Lipinski definition) is 8. The van der Waals surface area contributed by atoms with Crippen molar-refractivity contribution in [2.24, 2.45) is 0 Å². The number of nitrogens with zero attached hydrogens (tertiary/aromatic N) is 5. The van der Waals surface area contributed by atoms with Gasteiger partial charge >= 0.3 is 0 Å². The van der Waals surface area contributed by atoms with Gasteiger partial charge in [0.25, 0.3) is 5.69 Å². The lowest BCUT2D eigenvalue weighted by atomic mass is 10.1. The van der Waals surface area contributed by atoms with Gasteiger partial charge in [-0.3, -0.25) is 14.9 Å². The molecule has 2 heterocycles. The van der Waals surface area contributed by atoms with E-state index < -0.39 is 14.9 Å². The van der Waals surface area contributed by atoms with Crippen molar-refractivity contribution in [2.45, 2.75) is 11.3 Å². The van der Waals surface area contributed by atoms with E-state index in [0.29, 0.717) is 16.6 Å². The van der Waals surface area contributed by atoms with E-state index in [1.165, 1.54) is 22.5 Å². The van der Waals surface area contributed by atoms with Crippen LogP contribution in [0.4, 0.5) is 5.69 Å². The zero-order chi connectivity index (χ0) is 21.3. The number of hydrogen-bond donors (Lipinski definition) is 0. The molecule has 156 valence electrons. The maximum absolute atomic E-state index is 13.1. The molecule has 0 N–H and O–H groups in total. The van der Waals surface area contributed by atoms with Gasteiger partial charge in [0.15, 0.2) is 0 Å². The van der Waals surface area contributed by atoms with Crippen molar-refractivity contribution < 1.29 is 18.1 Å². The summed E-state index contributed by atoms with van der Waals surface area (Å²) in [4.78, 5) is 24.5. The first-order valence-electron chi connectivity index (χ1n) is 9.09. The fourth-order valence-electron chi connectivity index (χ4n) is 3.33.